The second-order valence-electron chi connectivity index (χ2n) is 10.6. The van der Waals surface area contributed by atoms with Crippen LogP contribution in [0.3, 0.4) is 0 Å². The van der Waals surface area contributed by atoms with Crippen molar-refractivity contribution in [2.75, 3.05) is 112 Å². The van der Waals surface area contributed by atoms with Gasteiger partial charge in [0.15, 0.2) is 14.6 Å². The molecule has 0 amide bonds. The summed E-state index contributed by atoms with van der Waals surface area (Å²) in [7, 11) is -1.69. The molecule has 10 nitrogen and oxygen atoms in total. The third-order valence-electron chi connectivity index (χ3n) is 6.40. The van der Waals surface area contributed by atoms with Crippen LogP contribution in [0.1, 0.15) is 40.0 Å². The summed E-state index contributed by atoms with van der Waals surface area (Å²) in [5.41, 5.74) is 0. The fourth-order valence-electron chi connectivity index (χ4n) is 3.07. The Hall–Kier alpha value is -0.183. The van der Waals surface area contributed by atoms with Crippen LogP contribution >= 0.6 is 0 Å². The van der Waals surface area contributed by atoms with Crippen molar-refractivity contribution in [2.24, 2.45) is 0 Å². The molecule has 0 aromatic carbocycles. The van der Waals surface area contributed by atoms with Crippen molar-refractivity contribution < 1.29 is 47.1 Å². The van der Waals surface area contributed by atoms with E-state index in [1.807, 2.05) is 0 Å². The predicted molar refractivity (Wildman–Crippen MR) is 148 cm³/mol. The Morgan fingerprint density at radius 1 is 0.553 bits per heavy atom. The molecule has 0 aromatic rings. The van der Waals surface area contributed by atoms with Crippen LogP contribution in [-0.4, -0.2) is 127 Å². The minimum absolute atomic E-state index is 0.0584. The van der Waals surface area contributed by atoms with Crippen molar-refractivity contribution in [3.05, 3.63) is 0 Å². The van der Waals surface area contributed by atoms with E-state index in [0.29, 0.717) is 106 Å². The summed E-state index contributed by atoms with van der Waals surface area (Å²) in [6.45, 7) is 20.8. The summed E-state index contributed by atoms with van der Waals surface area (Å²) in [5, 5.41) is 0.224. The Balaban J connectivity index is 1.67. The minimum Gasteiger partial charge on any atom is -0.414 e. The summed E-state index contributed by atoms with van der Waals surface area (Å²) in [6.07, 6.45) is 3.22. The lowest BCUT2D eigenvalue weighted by molar-refractivity contribution is -0.169. The Morgan fingerprint density at radius 3 is 1.26 bits per heavy atom. The molecule has 1 atom stereocenters. The largest absolute Gasteiger partial charge is 0.414 e. The zero-order valence-electron chi connectivity index (χ0n) is 24.8. The van der Waals surface area contributed by atoms with Crippen LogP contribution in [-0.2, 0) is 47.1 Å². The Labute approximate surface area is 232 Å². The maximum atomic E-state index is 6.07. The van der Waals surface area contributed by atoms with Crippen LogP contribution in [0.25, 0.3) is 0 Å². The monoisotopic (exact) mass is 568 g/mol. The molecule has 1 saturated heterocycles. The lowest BCUT2D eigenvalue weighted by atomic mass is 10.2. The van der Waals surface area contributed by atoms with Crippen LogP contribution in [0, 0.1) is 0 Å². The van der Waals surface area contributed by atoms with Gasteiger partial charge in [-0.25, -0.2) is 0 Å². The van der Waals surface area contributed by atoms with E-state index in [-0.39, 0.29) is 11.3 Å². The molecule has 1 aliphatic rings. The number of hydrogen-bond acceptors (Lipinski definition) is 10. The first-order valence-electron chi connectivity index (χ1n) is 14.2. The van der Waals surface area contributed by atoms with Gasteiger partial charge < -0.3 is 47.1 Å². The Kier molecular flexibility index (Phi) is 22.2. The zero-order chi connectivity index (χ0) is 27.8. The third-order valence-corrected chi connectivity index (χ3v) is 10.9. The Morgan fingerprint density at radius 2 is 0.921 bits per heavy atom. The Bertz CT molecular complexity index is 513. The number of hydrogen-bond donors (Lipinski definition) is 0. The van der Waals surface area contributed by atoms with Crippen molar-refractivity contribution in [2.45, 2.75) is 64.5 Å². The quantitative estimate of drug-likeness (QED) is 0.114. The smallest absolute Gasteiger partial charge is 0.192 e. The van der Waals surface area contributed by atoms with E-state index in [9.17, 15) is 0 Å². The molecule has 1 heterocycles. The molecule has 1 unspecified atom stereocenters. The van der Waals surface area contributed by atoms with Crippen LogP contribution < -0.4 is 0 Å². The number of ether oxygens (including phenoxy) is 9. The fraction of sp³-hybridized carbons (Fsp3) is 1.00. The first-order valence-corrected chi connectivity index (χ1v) is 17.1. The van der Waals surface area contributed by atoms with Gasteiger partial charge in [-0.1, -0.05) is 20.8 Å². The molecule has 228 valence electrons. The predicted octanol–water partition coefficient (Wildman–Crippen LogP) is 3.67. The second kappa shape index (κ2) is 23.5. The SMILES string of the molecule is CC(C)(C)[Si](C)(C)OCCOCCOCCOCCOCCOCCOCCOCCOC1CCCCO1. The van der Waals surface area contributed by atoms with Crippen molar-refractivity contribution >= 4 is 8.32 Å². The van der Waals surface area contributed by atoms with Gasteiger partial charge in [-0.3, -0.25) is 0 Å². The highest BCUT2D eigenvalue weighted by Gasteiger charge is 2.36. The molecule has 0 radical (unpaired) electrons. The molecule has 0 aromatic heterocycles. The molecule has 0 aliphatic carbocycles. The molecular weight excluding hydrogens is 512 g/mol. The van der Waals surface area contributed by atoms with Crippen LogP contribution in [0.4, 0.5) is 0 Å². The zero-order valence-corrected chi connectivity index (χ0v) is 25.8. The van der Waals surface area contributed by atoms with Gasteiger partial charge in [0, 0.05) is 6.61 Å². The van der Waals surface area contributed by atoms with E-state index >= 15 is 0 Å². The maximum Gasteiger partial charge on any atom is 0.192 e. The molecule has 1 rings (SSSR count). The summed E-state index contributed by atoms with van der Waals surface area (Å²) in [4.78, 5) is 0. The molecule has 38 heavy (non-hydrogen) atoms. The average Bonchev–Trinajstić information content (AvgIpc) is 2.88. The van der Waals surface area contributed by atoms with Gasteiger partial charge in [0.25, 0.3) is 0 Å². The molecule has 1 aliphatic heterocycles. The first-order chi connectivity index (χ1) is 18.3. The van der Waals surface area contributed by atoms with Crippen molar-refractivity contribution in [3.8, 4) is 0 Å². The molecule has 0 saturated carbocycles. The molecule has 0 bridgehead atoms. The summed E-state index contributed by atoms with van der Waals surface area (Å²) in [5.74, 6) is 0. The maximum absolute atomic E-state index is 6.07. The molecule has 1 fully saturated rings. The van der Waals surface area contributed by atoms with Gasteiger partial charge >= 0.3 is 0 Å². The normalized spacial score (nSPS) is 16.8. The molecule has 0 spiro atoms. The highest BCUT2D eigenvalue weighted by molar-refractivity contribution is 6.74. The van der Waals surface area contributed by atoms with Crippen molar-refractivity contribution in [1.82, 2.24) is 0 Å². The number of rotatable bonds is 26. The van der Waals surface area contributed by atoms with E-state index in [1.54, 1.807) is 0 Å². The third kappa shape index (κ3) is 20.7. The van der Waals surface area contributed by atoms with E-state index in [0.717, 1.165) is 19.4 Å². The van der Waals surface area contributed by atoms with E-state index in [4.69, 9.17) is 47.1 Å². The summed E-state index contributed by atoms with van der Waals surface area (Å²) < 4.78 is 55.7. The molecule has 11 heteroatoms. The lowest BCUT2D eigenvalue weighted by Crippen LogP contribution is -2.41. The van der Waals surface area contributed by atoms with E-state index < -0.39 is 8.32 Å². The van der Waals surface area contributed by atoms with Gasteiger partial charge in [0.05, 0.1) is 106 Å². The topological polar surface area (TPSA) is 92.3 Å². The van der Waals surface area contributed by atoms with E-state index in [1.165, 1.54) is 6.42 Å². The van der Waals surface area contributed by atoms with Crippen LogP contribution in [0.2, 0.25) is 18.1 Å². The second-order valence-corrected chi connectivity index (χ2v) is 15.4. The standard InChI is InChI=1S/C27H56O10Si/c1-27(2,3)38(4,5)37-25-23-34-21-19-32-17-15-30-13-11-28-10-12-29-14-16-31-18-20-33-22-24-36-26-8-6-7-9-35-26/h26H,6-25H2,1-5H3. The van der Waals surface area contributed by atoms with Crippen molar-refractivity contribution in [1.29, 1.82) is 0 Å². The van der Waals surface area contributed by atoms with Gasteiger partial charge in [0.2, 0.25) is 0 Å². The van der Waals surface area contributed by atoms with Crippen LogP contribution in [0.5, 0.6) is 0 Å². The molecule has 0 N–H and O–H groups in total. The van der Waals surface area contributed by atoms with Gasteiger partial charge in [-0.2, -0.15) is 0 Å². The van der Waals surface area contributed by atoms with E-state index in [2.05, 4.69) is 33.9 Å². The van der Waals surface area contributed by atoms with Crippen LogP contribution in [0.15, 0.2) is 0 Å². The first kappa shape index (κ1) is 35.8. The summed E-state index contributed by atoms with van der Waals surface area (Å²) >= 11 is 0. The van der Waals surface area contributed by atoms with Gasteiger partial charge in [0.1, 0.15) is 0 Å². The van der Waals surface area contributed by atoms with Crippen molar-refractivity contribution in [3.63, 3.8) is 0 Å². The average molecular weight is 569 g/mol. The highest BCUT2D eigenvalue weighted by Crippen LogP contribution is 2.36. The summed E-state index contributed by atoms with van der Waals surface area (Å²) in [6, 6.07) is 0. The fourth-order valence-corrected chi connectivity index (χ4v) is 4.10. The minimum atomic E-state index is -1.69. The van der Waals surface area contributed by atoms with Gasteiger partial charge in [-0.05, 0) is 37.4 Å². The van der Waals surface area contributed by atoms with Gasteiger partial charge in [-0.15, -0.1) is 0 Å². The molecular formula is C27H56O10Si. The lowest BCUT2D eigenvalue weighted by Gasteiger charge is -2.36. The highest BCUT2D eigenvalue weighted by atomic mass is 28.4.